The average Bonchev–Trinajstić information content (AvgIpc) is 4.24. The number of amides is 7. The van der Waals surface area contributed by atoms with Crippen molar-refractivity contribution in [2.45, 2.75) is 160 Å². The summed E-state index contributed by atoms with van der Waals surface area (Å²) in [6, 6.07) is 26.5. The Kier molecular flexibility index (Phi) is 19.2. The zero-order valence-corrected chi connectivity index (χ0v) is 48.3. The standard InChI is InChI=1S/C61H81N9O8Si/c1-37(62-6)54(71)67-50(59(76)70-36-79(8)35-52(70)58(75)66-49-22-14-18-42-16-10-12-20-47(42)49)31-39-25-29-44(30-26-39)64-56(73)43-27-23-40(24-28-43)34-78-45-32-51(57(74)65-48-21-13-17-41-15-9-11-19-46(41)48)69(33-45)60(77)53(61(3,4)5)68-55(72)38(2)63-7/h9-12,15-16,19-20,23-30,37-38,45,48-53,62-63,79H,13-14,17-18,21-22,31-36H2,1-8H3,(H,64,73)(H,65,74)(H,66,75)(H,67,71)(H,68,72)/t37-,38-,45-,48+,49+,50-,51-,52-,53?,79?/m0/s1. The molecule has 0 saturated carbocycles. The first-order valence-corrected chi connectivity index (χ1v) is 31.0. The Morgan fingerprint density at radius 3 is 1.78 bits per heavy atom. The van der Waals surface area contributed by atoms with E-state index in [-0.39, 0.29) is 79.4 Å². The molecule has 7 N–H and O–H groups in total. The summed E-state index contributed by atoms with van der Waals surface area (Å²) in [7, 11) is 1.92. The van der Waals surface area contributed by atoms with Crippen molar-refractivity contribution in [3.8, 4) is 0 Å². The van der Waals surface area contributed by atoms with Crippen LogP contribution in [0, 0.1) is 5.41 Å². The number of carbonyl (C=O) groups excluding carboxylic acids is 7. The first kappa shape index (κ1) is 58.4. The molecule has 4 aliphatic rings. The highest BCUT2D eigenvalue weighted by atomic mass is 28.3. The quantitative estimate of drug-likeness (QED) is 0.0610. The number of carbonyl (C=O) groups is 7. The topological polar surface area (TPSA) is 219 Å². The number of hydrogen-bond acceptors (Lipinski definition) is 10. The van der Waals surface area contributed by atoms with Crippen molar-refractivity contribution in [1.82, 2.24) is 41.7 Å². The van der Waals surface area contributed by atoms with Gasteiger partial charge in [-0.1, -0.05) is 100 Å². The third-order valence-electron chi connectivity index (χ3n) is 16.3. The highest BCUT2D eigenvalue weighted by Gasteiger charge is 2.47. The summed E-state index contributed by atoms with van der Waals surface area (Å²) in [6.07, 6.45) is 5.94. The average molecular weight is 1100 g/mol. The normalized spacial score (nSPS) is 22.3. The van der Waals surface area contributed by atoms with Gasteiger partial charge in [0.1, 0.15) is 24.2 Å². The number of benzene rings is 4. The molecule has 0 bridgehead atoms. The Hall–Kier alpha value is -6.73. The summed E-state index contributed by atoms with van der Waals surface area (Å²) in [6.45, 7) is 11.6. The molecule has 4 aromatic rings. The summed E-state index contributed by atoms with van der Waals surface area (Å²) in [5.41, 5.74) is 6.51. The van der Waals surface area contributed by atoms with Crippen LogP contribution in [0.25, 0.3) is 0 Å². The van der Waals surface area contributed by atoms with E-state index in [0.717, 1.165) is 60.8 Å². The number of likely N-dealkylation sites (N-methyl/N-ethyl adjacent to an activating group) is 2. The first-order valence-electron chi connectivity index (χ1n) is 28.2. The number of anilines is 1. The van der Waals surface area contributed by atoms with Gasteiger partial charge in [-0.3, -0.25) is 33.6 Å². The molecule has 0 aromatic heterocycles. The molecule has 8 rings (SSSR count). The van der Waals surface area contributed by atoms with Gasteiger partial charge in [-0.25, -0.2) is 0 Å². The smallest absolute Gasteiger partial charge is 0.255 e. The van der Waals surface area contributed by atoms with Crippen LogP contribution in [0.3, 0.4) is 0 Å². The van der Waals surface area contributed by atoms with Gasteiger partial charge in [0.2, 0.25) is 35.4 Å². The van der Waals surface area contributed by atoms with E-state index in [0.29, 0.717) is 23.5 Å². The molecule has 18 heteroatoms. The predicted molar refractivity (Wildman–Crippen MR) is 307 cm³/mol. The summed E-state index contributed by atoms with van der Waals surface area (Å²) < 4.78 is 6.44. The van der Waals surface area contributed by atoms with E-state index in [1.165, 1.54) is 11.1 Å². The Balaban J connectivity index is 0.893. The van der Waals surface area contributed by atoms with Crippen LogP contribution in [0.1, 0.15) is 123 Å². The monoisotopic (exact) mass is 1100 g/mol. The van der Waals surface area contributed by atoms with Gasteiger partial charge in [0.25, 0.3) is 5.91 Å². The van der Waals surface area contributed by atoms with Crippen molar-refractivity contribution in [2.24, 2.45) is 5.41 Å². The Bertz CT molecular complexity index is 2840. The van der Waals surface area contributed by atoms with Crippen molar-refractivity contribution in [3.63, 3.8) is 0 Å². The van der Waals surface area contributed by atoms with Gasteiger partial charge in [0.15, 0.2) is 0 Å². The Morgan fingerprint density at radius 2 is 1.22 bits per heavy atom. The molecule has 7 amide bonds. The number of aryl methyl sites for hydroxylation is 2. The van der Waals surface area contributed by atoms with Crippen LogP contribution in [-0.4, -0.2) is 129 Å². The molecule has 4 aromatic carbocycles. The van der Waals surface area contributed by atoms with Crippen LogP contribution in [0.5, 0.6) is 0 Å². The van der Waals surface area contributed by atoms with E-state index < -0.39 is 56.6 Å². The second-order valence-electron chi connectivity index (χ2n) is 23.3. The molecule has 2 heterocycles. The third-order valence-corrected chi connectivity index (χ3v) is 18.6. The molecule has 2 unspecified atom stereocenters. The number of fused-ring (bicyclic) bond motifs is 2. The van der Waals surface area contributed by atoms with Gasteiger partial charge in [0, 0.05) is 36.8 Å². The fraction of sp³-hybridized carbons (Fsp3) is 0.492. The molecule has 17 nitrogen and oxygen atoms in total. The van der Waals surface area contributed by atoms with Crippen LogP contribution in [0.4, 0.5) is 5.69 Å². The summed E-state index contributed by atoms with van der Waals surface area (Å²) in [4.78, 5) is 101. The second kappa shape index (κ2) is 26.0. The van der Waals surface area contributed by atoms with Gasteiger partial charge < -0.3 is 51.8 Å². The fourth-order valence-electron chi connectivity index (χ4n) is 11.5. The number of rotatable bonds is 19. The lowest BCUT2D eigenvalue weighted by Crippen LogP contribution is -2.59. The van der Waals surface area contributed by atoms with E-state index in [9.17, 15) is 33.6 Å². The van der Waals surface area contributed by atoms with Crippen molar-refractivity contribution in [3.05, 3.63) is 136 Å². The van der Waals surface area contributed by atoms with E-state index >= 15 is 0 Å². The SMILES string of the molecule is CN[C@@H](C)C(=O)NC(C(=O)N1C[C@@H](OCc2ccc(C(=O)Nc3ccc(C[C@H](NC(=O)[C@H](C)NC)C(=O)N4C[SiH](C)C[C@H]4C(=O)N[C@@H]4CCCc5ccccc54)cc3)cc2)C[C@H]1C(=O)N[C@@H]1CCCc2ccccc21)C(C)(C)C. The minimum Gasteiger partial charge on any atom is -0.372 e. The van der Waals surface area contributed by atoms with E-state index in [1.54, 1.807) is 62.0 Å². The summed E-state index contributed by atoms with van der Waals surface area (Å²) in [5.74, 6) is -2.03. The largest absolute Gasteiger partial charge is 0.372 e. The molecule has 0 spiro atoms. The van der Waals surface area contributed by atoms with Crippen molar-refractivity contribution in [1.29, 1.82) is 0 Å². The fourth-order valence-corrected chi connectivity index (χ4v) is 13.9. The number of nitrogens with zero attached hydrogens (tertiary/aromatic N) is 2. The molecule has 0 radical (unpaired) electrons. The lowest BCUT2D eigenvalue weighted by atomic mass is 9.85. The molecule has 2 aliphatic carbocycles. The maximum atomic E-state index is 14.6. The molecular formula is C61H81N9O8Si. The number of nitrogens with one attached hydrogen (secondary N) is 7. The number of ether oxygens (including phenoxy) is 1. The zero-order valence-electron chi connectivity index (χ0n) is 47.2. The summed E-state index contributed by atoms with van der Waals surface area (Å²) >= 11 is 0. The van der Waals surface area contributed by atoms with Crippen molar-refractivity contribution < 1.29 is 38.3 Å². The zero-order chi connectivity index (χ0) is 56.5. The number of hydrogen-bond donors (Lipinski definition) is 7. The van der Waals surface area contributed by atoms with E-state index in [2.05, 4.69) is 68.0 Å². The number of likely N-dealkylation sites (tertiary alicyclic amines) is 1. The van der Waals surface area contributed by atoms with Crippen molar-refractivity contribution in [2.75, 3.05) is 32.1 Å². The van der Waals surface area contributed by atoms with Crippen LogP contribution in [0.15, 0.2) is 97.1 Å². The molecular weight excluding hydrogens is 1010 g/mol. The van der Waals surface area contributed by atoms with Gasteiger partial charge in [-0.05, 0) is 136 Å². The lowest BCUT2D eigenvalue weighted by molar-refractivity contribution is -0.144. The molecule has 422 valence electrons. The molecule has 2 saturated heterocycles. The third kappa shape index (κ3) is 14.4. The predicted octanol–water partition coefficient (Wildman–Crippen LogP) is 5.19. The lowest BCUT2D eigenvalue weighted by Gasteiger charge is -2.36. The van der Waals surface area contributed by atoms with Crippen LogP contribution >= 0.6 is 0 Å². The minimum atomic E-state index is -1.45. The Labute approximate surface area is 467 Å². The van der Waals surface area contributed by atoms with Crippen molar-refractivity contribution >= 4 is 55.8 Å². The first-order chi connectivity index (χ1) is 37.8. The van der Waals surface area contributed by atoms with Crippen LogP contribution in [0.2, 0.25) is 12.6 Å². The van der Waals surface area contributed by atoms with Gasteiger partial charge in [-0.2, -0.15) is 0 Å². The van der Waals surface area contributed by atoms with E-state index in [1.807, 2.05) is 69.3 Å². The van der Waals surface area contributed by atoms with Gasteiger partial charge in [-0.15, -0.1) is 0 Å². The molecule has 79 heavy (non-hydrogen) atoms. The maximum Gasteiger partial charge on any atom is 0.255 e. The molecule has 2 fully saturated rings. The summed E-state index contributed by atoms with van der Waals surface area (Å²) in [5, 5.41) is 21.3. The maximum absolute atomic E-state index is 14.6. The molecule has 10 atom stereocenters. The molecule has 2 aliphatic heterocycles. The highest BCUT2D eigenvalue weighted by Crippen LogP contribution is 2.34. The Morgan fingerprint density at radius 1 is 0.671 bits per heavy atom. The van der Waals surface area contributed by atoms with Gasteiger partial charge in [0.05, 0.1) is 45.7 Å². The minimum absolute atomic E-state index is 0.113. The second-order valence-corrected chi connectivity index (χ2v) is 26.3. The van der Waals surface area contributed by atoms with Crippen LogP contribution < -0.4 is 37.2 Å². The highest BCUT2D eigenvalue weighted by molar-refractivity contribution is 6.59. The van der Waals surface area contributed by atoms with Crippen LogP contribution in [-0.2, 0) is 59.4 Å². The van der Waals surface area contributed by atoms with Gasteiger partial charge >= 0.3 is 0 Å². The van der Waals surface area contributed by atoms with E-state index in [4.69, 9.17) is 4.74 Å².